The predicted molar refractivity (Wildman–Crippen MR) is 133 cm³/mol. The number of rotatable bonds is 8. The van der Waals surface area contributed by atoms with Gasteiger partial charge in [0.1, 0.15) is 18.4 Å². The van der Waals surface area contributed by atoms with Crippen molar-refractivity contribution >= 4 is 46.3 Å². The maximum absolute atomic E-state index is 12.4. The molecule has 0 spiro atoms. The van der Waals surface area contributed by atoms with Gasteiger partial charge < -0.3 is 20.3 Å². The molecule has 2 aromatic carbocycles. The molecule has 1 saturated heterocycles. The molecular weight excluding hydrogens is 468 g/mol. The van der Waals surface area contributed by atoms with E-state index in [1.165, 1.54) is 11.8 Å². The summed E-state index contributed by atoms with van der Waals surface area (Å²) in [6, 6.07) is 15.5. The minimum atomic E-state index is -0.540. The zero-order valence-electron chi connectivity index (χ0n) is 19.1. The number of ether oxygens (including phenoxy) is 1. The van der Waals surface area contributed by atoms with Gasteiger partial charge in [-0.3, -0.25) is 19.2 Å². The third kappa shape index (κ3) is 6.92. The summed E-state index contributed by atoms with van der Waals surface area (Å²) >= 11 is 1.35. The third-order valence-corrected chi connectivity index (χ3v) is 6.76. The van der Waals surface area contributed by atoms with E-state index in [1.54, 1.807) is 24.3 Å². The third-order valence-electron chi connectivity index (χ3n) is 5.54. The van der Waals surface area contributed by atoms with Gasteiger partial charge in [-0.2, -0.15) is 4.99 Å². The number of thioether (sulfide) groups is 1. The van der Waals surface area contributed by atoms with Crippen LogP contribution in [0.5, 0.6) is 0 Å². The van der Waals surface area contributed by atoms with Gasteiger partial charge in [-0.1, -0.05) is 42.1 Å². The number of carbonyl (C=O) groups excluding carboxylic acids is 4. The lowest BCUT2D eigenvalue weighted by Gasteiger charge is -2.16. The predicted octanol–water partition coefficient (Wildman–Crippen LogP) is 2.58. The van der Waals surface area contributed by atoms with Crippen molar-refractivity contribution in [2.45, 2.75) is 31.1 Å². The van der Waals surface area contributed by atoms with E-state index in [1.807, 2.05) is 30.3 Å². The van der Waals surface area contributed by atoms with Gasteiger partial charge in [-0.15, -0.1) is 0 Å². The topological polar surface area (TPSA) is 117 Å². The second-order valence-corrected chi connectivity index (χ2v) is 9.36. The smallest absolute Gasteiger partial charge is 0.325 e. The van der Waals surface area contributed by atoms with E-state index in [4.69, 9.17) is 4.74 Å². The van der Waals surface area contributed by atoms with Gasteiger partial charge in [0, 0.05) is 30.8 Å². The van der Waals surface area contributed by atoms with Crippen molar-refractivity contribution in [2.75, 3.05) is 25.0 Å². The van der Waals surface area contributed by atoms with Gasteiger partial charge in [-0.05, 0) is 42.7 Å². The summed E-state index contributed by atoms with van der Waals surface area (Å²) in [5.41, 5.74) is 1.70. The lowest BCUT2D eigenvalue weighted by atomic mass is 10.2. The van der Waals surface area contributed by atoms with Crippen molar-refractivity contribution in [1.82, 2.24) is 10.2 Å². The molecule has 1 fully saturated rings. The average Bonchev–Trinajstić information content (AvgIpc) is 3.52. The Hall–Kier alpha value is -3.66. The lowest BCUT2D eigenvalue weighted by Crippen LogP contribution is -2.30. The number of hydrogen-bond acceptors (Lipinski definition) is 7. The molecule has 4 rings (SSSR count). The van der Waals surface area contributed by atoms with Gasteiger partial charge in [0.15, 0.2) is 5.17 Å². The number of amides is 3. The van der Waals surface area contributed by atoms with Crippen LogP contribution in [0.25, 0.3) is 0 Å². The number of carbonyl (C=O) groups is 4. The minimum Gasteiger partial charge on any atom is -0.460 e. The first-order valence-electron chi connectivity index (χ1n) is 11.4. The largest absolute Gasteiger partial charge is 0.460 e. The van der Waals surface area contributed by atoms with Crippen LogP contribution in [0, 0.1) is 0 Å². The molecule has 0 bridgehead atoms. The first kappa shape index (κ1) is 24.5. The first-order chi connectivity index (χ1) is 17.0. The highest BCUT2D eigenvalue weighted by Gasteiger charge is 2.33. The quantitative estimate of drug-likeness (QED) is 0.542. The van der Waals surface area contributed by atoms with Crippen LogP contribution in [0.3, 0.4) is 0 Å². The molecule has 35 heavy (non-hydrogen) atoms. The van der Waals surface area contributed by atoms with Crippen molar-refractivity contribution in [3.63, 3.8) is 0 Å². The average molecular weight is 495 g/mol. The number of nitrogens with one attached hydrogen (secondary N) is 2. The van der Waals surface area contributed by atoms with Gasteiger partial charge in [0.2, 0.25) is 5.91 Å². The molecule has 0 saturated carbocycles. The number of aliphatic imine (C=N–C) groups is 1. The van der Waals surface area contributed by atoms with E-state index in [0.29, 0.717) is 16.4 Å². The molecule has 2 aromatic rings. The van der Waals surface area contributed by atoms with Crippen molar-refractivity contribution in [3.8, 4) is 0 Å². The van der Waals surface area contributed by atoms with E-state index in [-0.39, 0.29) is 31.4 Å². The fraction of sp³-hybridized carbons (Fsp3) is 0.320. The fourth-order valence-corrected chi connectivity index (χ4v) is 4.80. The fourth-order valence-electron chi connectivity index (χ4n) is 3.68. The summed E-state index contributed by atoms with van der Waals surface area (Å²) in [4.78, 5) is 55.0. The molecule has 10 heteroatoms. The van der Waals surface area contributed by atoms with Crippen LogP contribution in [0.1, 0.15) is 35.2 Å². The van der Waals surface area contributed by atoms with Crippen molar-refractivity contribution in [1.29, 1.82) is 0 Å². The summed E-state index contributed by atoms with van der Waals surface area (Å²) in [7, 11) is 0. The highest BCUT2D eigenvalue weighted by molar-refractivity contribution is 8.15. The minimum absolute atomic E-state index is 0.0255. The molecule has 0 radical (unpaired) electrons. The Morgan fingerprint density at radius 1 is 1.03 bits per heavy atom. The molecule has 2 heterocycles. The summed E-state index contributed by atoms with van der Waals surface area (Å²) < 4.78 is 5.14. The van der Waals surface area contributed by atoms with Gasteiger partial charge in [0.25, 0.3) is 11.8 Å². The Morgan fingerprint density at radius 3 is 2.46 bits per heavy atom. The maximum Gasteiger partial charge on any atom is 0.325 e. The molecule has 0 aromatic heterocycles. The molecule has 3 amide bonds. The number of anilines is 1. The van der Waals surface area contributed by atoms with Crippen LogP contribution >= 0.6 is 11.8 Å². The van der Waals surface area contributed by atoms with E-state index < -0.39 is 17.1 Å². The number of esters is 1. The molecular formula is C25H26N4O5S. The number of amidine groups is 1. The highest BCUT2D eigenvalue weighted by atomic mass is 32.2. The molecule has 1 atom stereocenters. The summed E-state index contributed by atoms with van der Waals surface area (Å²) in [5.74, 6) is -1.55. The molecule has 1 unspecified atom stereocenters. The normalized spacial score (nSPS) is 17.1. The van der Waals surface area contributed by atoms with Gasteiger partial charge in [0.05, 0.1) is 0 Å². The molecule has 182 valence electrons. The van der Waals surface area contributed by atoms with Crippen LogP contribution in [0.4, 0.5) is 5.69 Å². The molecule has 9 nitrogen and oxygen atoms in total. The van der Waals surface area contributed by atoms with Crippen LogP contribution in [-0.4, -0.2) is 58.6 Å². The highest BCUT2D eigenvalue weighted by Crippen LogP contribution is 2.29. The molecule has 2 aliphatic heterocycles. The SMILES string of the molecule is O=C(CC1SC(N2CCCC2)=NC1=O)Nc1ccc(C(=O)NCC(=O)OCc2ccccc2)cc1. The lowest BCUT2D eigenvalue weighted by molar-refractivity contribution is -0.143. The zero-order chi connectivity index (χ0) is 24.6. The standard InChI is InChI=1S/C25H26N4O5S/c30-21(14-20-24(33)28-25(35-20)29-12-4-5-13-29)27-19-10-8-18(9-11-19)23(32)26-15-22(31)34-16-17-6-2-1-3-7-17/h1-3,6-11,20H,4-5,12-16H2,(H,26,32)(H,27,30). The summed E-state index contributed by atoms with van der Waals surface area (Å²) in [6.07, 6.45) is 2.20. The van der Waals surface area contributed by atoms with Crippen molar-refractivity contribution in [3.05, 3.63) is 65.7 Å². The summed E-state index contributed by atoms with van der Waals surface area (Å²) in [5, 5.41) is 5.46. The number of benzene rings is 2. The van der Waals surface area contributed by atoms with E-state index >= 15 is 0 Å². The van der Waals surface area contributed by atoms with Crippen molar-refractivity contribution < 1.29 is 23.9 Å². The van der Waals surface area contributed by atoms with Gasteiger partial charge >= 0.3 is 5.97 Å². The number of likely N-dealkylation sites (tertiary alicyclic amines) is 1. The van der Waals surface area contributed by atoms with E-state index in [0.717, 1.165) is 31.5 Å². The van der Waals surface area contributed by atoms with Crippen LogP contribution < -0.4 is 10.6 Å². The molecule has 2 aliphatic rings. The maximum atomic E-state index is 12.4. The Bertz CT molecular complexity index is 1110. The van der Waals surface area contributed by atoms with Crippen LogP contribution in [0.2, 0.25) is 0 Å². The molecule has 0 aliphatic carbocycles. The van der Waals surface area contributed by atoms with E-state index in [2.05, 4.69) is 20.5 Å². The Kier molecular flexibility index (Phi) is 8.15. The Morgan fingerprint density at radius 2 is 1.74 bits per heavy atom. The second-order valence-electron chi connectivity index (χ2n) is 8.19. The Labute approximate surface area is 207 Å². The Balaban J connectivity index is 1.19. The van der Waals surface area contributed by atoms with Crippen molar-refractivity contribution in [2.24, 2.45) is 4.99 Å². The number of nitrogens with zero attached hydrogens (tertiary/aromatic N) is 2. The van der Waals surface area contributed by atoms with E-state index in [9.17, 15) is 19.2 Å². The number of hydrogen-bond donors (Lipinski definition) is 2. The first-order valence-corrected chi connectivity index (χ1v) is 12.3. The summed E-state index contributed by atoms with van der Waals surface area (Å²) in [6.45, 7) is 1.68. The zero-order valence-corrected chi connectivity index (χ0v) is 19.9. The molecule has 2 N–H and O–H groups in total. The van der Waals surface area contributed by atoms with Crippen LogP contribution in [0.15, 0.2) is 59.6 Å². The second kappa shape index (κ2) is 11.7. The van der Waals surface area contributed by atoms with Gasteiger partial charge in [-0.25, -0.2) is 0 Å². The van der Waals surface area contributed by atoms with Crippen LogP contribution in [-0.2, 0) is 25.7 Å². The monoisotopic (exact) mass is 494 g/mol.